The number of hydrogen-bond donors (Lipinski definition) is 2. The van der Waals surface area contributed by atoms with Crippen LogP contribution in [0, 0.1) is 12.8 Å². The first kappa shape index (κ1) is 16.5. The van der Waals surface area contributed by atoms with Crippen molar-refractivity contribution in [2.75, 3.05) is 0 Å². The van der Waals surface area contributed by atoms with E-state index in [1.165, 1.54) is 12.8 Å². The Morgan fingerprint density at radius 1 is 1.21 bits per heavy atom. The number of nitrogens with zero attached hydrogens (tertiary/aromatic N) is 2. The van der Waals surface area contributed by atoms with Crippen LogP contribution >= 0.6 is 0 Å². The average Bonchev–Trinajstić information content (AvgIpc) is 3.25. The zero-order valence-corrected chi connectivity index (χ0v) is 14.2. The van der Waals surface area contributed by atoms with E-state index in [1.54, 1.807) is 6.92 Å². The lowest BCUT2D eigenvalue weighted by atomic mass is 9.92. The minimum absolute atomic E-state index is 0.0327. The zero-order valence-electron chi connectivity index (χ0n) is 14.2. The summed E-state index contributed by atoms with van der Waals surface area (Å²) in [5.41, 5.74) is 1.15. The van der Waals surface area contributed by atoms with Gasteiger partial charge >= 0.3 is 6.03 Å². The summed E-state index contributed by atoms with van der Waals surface area (Å²) in [6.07, 6.45) is 4.76. The normalized spacial score (nSPS) is 17.4. The highest BCUT2D eigenvalue weighted by Gasteiger charge is 2.28. The number of aromatic nitrogens is 2. The molecule has 6 heteroatoms. The largest absolute Gasteiger partial charge is 0.337 e. The molecule has 2 amide bonds. The maximum absolute atomic E-state index is 12.5. The molecule has 0 unspecified atom stereocenters. The predicted octanol–water partition coefficient (Wildman–Crippen LogP) is 3.67. The Balaban J connectivity index is 1.66. The second-order valence-corrected chi connectivity index (χ2v) is 6.45. The molecule has 0 spiro atoms. The van der Waals surface area contributed by atoms with Gasteiger partial charge in [0.15, 0.2) is 5.82 Å². The van der Waals surface area contributed by atoms with Gasteiger partial charge in [-0.1, -0.05) is 48.3 Å². The first-order chi connectivity index (χ1) is 11.6. The van der Waals surface area contributed by atoms with E-state index >= 15 is 0 Å². The molecule has 1 heterocycles. The molecule has 1 aliphatic carbocycles. The number of amides is 2. The highest BCUT2D eigenvalue weighted by Crippen LogP contribution is 2.35. The summed E-state index contributed by atoms with van der Waals surface area (Å²) in [7, 11) is 0. The summed E-state index contributed by atoms with van der Waals surface area (Å²) >= 11 is 0. The highest BCUT2D eigenvalue weighted by molar-refractivity contribution is 5.74. The molecule has 1 aliphatic rings. The number of rotatable bonds is 5. The molecule has 2 N–H and O–H groups in total. The molecule has 1 fully saturated rings. The monoisotopic (exact) mass is 328 g/mol. The molecule has 128 valence electrons. The van der Waals surface area contributed by atoms with Crippen LogP contribution in [0.4, 0.5) is 4.79 Å². The van der Waals surface area contributed by atoms with Crippen LogP contribution < -0.4 is 10.6 Å². The van der Waals surface area contributed by atoms with Crippen LogP contribution in [0.1, 0.15) is 62.0 Å². The maximum atomic E-state index is 12.5. The van der Waals surface area contributed by atoms with Crippen molar-refractivity contribution < 1.29 is 9.32 Å². The Kier molecular flexibility index (Phi) is 5.13. The SMILES string of the molecule is Cc1noc([C@@H](C)NC(=O)N[C@@H](c2ccccc2)C2CCCC2)n1. The van der Waals surface area contributed by atoms with Crippen LogP contribution in [-0.4, -0.2) is 16.2 Å². The third-order valence-corrected chi connectivity index (χ3v) is 4.58. The number of aryl methyl sites for hydroxylation is 1. The summed E-state index contributed by atoms with van der Waals surface area (Å²) in [6.45, 7) is 3.59. The van der Waals surface area contributed by atoms with E-state index in [1.807, 2.05) is 25.1 Å². The molecule has 0 saturated heterocycles. The van der Waals surface area contributed by atoms with Gasteiger partial charge in [0.25, 0.3) is 0 Å². The van der Waals surface area contributed by atoms with Crippen molar-refractivity contribution in [2.45, 2.75) is 51.6 Å². The predicted molar refractivity (Wildman–Crippen MR) is 90.3 cm³/mol. The van der Waals surface area contributed by atoms with Crippen LogP contribution in [0.5, 0.6) is 0 Å². The molecule has 0 aliphatic heterocycles. The molecular weight excluding hydrogens is 304 g/mol. The molecule has 1 aromatic heterocycles. The lowest BCUT2D eigenvalue weighted by molar-refractivity contribution is 0.224. The number of carbonyl (C=O) groups is 1. The maximum Gasteiger partial charge on any atom is 0.315 e. The Morgan fingerprint density at radius 3 is 2.54 bits per heavy atom. The smallest absolute Gasteiger partial charge is 0.315 e. The van der Waals surface area contributed by atoms with E-state index in [2.05, 4.69) is 32.9 Å². The zero-order chi connectivity index (χ0) is 16.9. The molecule has 2 atom stereocenters. The summed E-state index contributed by atoms with van der Waals surface area (Å²) in [5, 5.41) is 9.79. The third kappa shape index (κ3) is 3.93. The standard InChI is InChI=1S/C18H24N4O2/c1-12(17-20-13(2)22-24-17)19-18(23)21-16(15-10-6-7-11-15)14-8-4-3-5-9-14/h3-5,8-9,12,15-16H,6-7,10-11H2,1-2H3,(H2,19,21,23)/t12-,16+/m1/s1. The number of carbonyl (C=O) groups excluding carboxylic acids is 1. The van der Waals surface area contributed by atoms with Crippen LogP contribution in [0.2, 0.25) is 0 Å². The molecule has 1 saturated carbocycles. The Bertz CT molecular complexity index is 665. The second kappa shape index (κ2) is 7.47. The van der Waals surface area contributed by atoms with E-state index in [0.29, 0.717) is 17.6 Å². The van der Waals surface area contributed by atoms with Gasteiger partial charge in [0.1, 0.15) is 6.04 Å². The minimum atomic E-state index is -0.328. The molecule has 1 aromatic carbocycles. The molecule has 6 nitrogen and oxygen atoms in total. The number of nitrogens with one attached hydrogen (secondary N) is 2. The van der Waals surface area contributed by atoms with Gasteiger partial charge in [-0.2, -0.15) is 4.98 Å². The van der Waals surface area contributed by atoms with Crippen molar-refractivity contribution in [1.82, 2.24) is 20.8 Å². The second-order valence-electron chi connectivity index (χ2n) is 6.45. The number of benzene rings is 1. The van der Waals surface area contributed by atoms with Crippen molar-refractivity contribution in [3.63, 3.8) is 0 Å². The number of urea groups is 1. The molecule has 0 bridgehead atoms. The Morgan fingerprint density at radius 2 is 1.92 bits per heavy atom. The van der Waals surface area contributed by atoms with Gasteiger partial charge in [0.05, 0.1) is 6.04 Å². The summed E-state index contributed by atoms with van der Waals surface area (Å²) in [6, 6.07) is 9.68. The van der Waals surface area contributed by atoms with Gasteiger partial charge in [-0.25, -0.2) is 4.79 Å². The Hall–Kier alpha value is -2.37. The molecule has 2 aromatic rings. The van der Waals surface area contributed by atoms with E-state index in [4.69, 9.17) is 4.52 Å². The van der Waals surface area contributed by atoms with Crippen LogP contribution in [-0.2, 0) is 0 Å². The third-order valence-electron chi connectivity index (χ3n) is 4.58. The van der Waals surface area contributed by atoms with Crippen molar-refractivity contribution in [3.05, 3.63) is 47.6 Å². The fourth-order valence-electron chi connectivity index (χ4n) is 3.35. The minimum Gasteiger partial charge on any atom is -0.337 e. The van der Waals surface area contributed by atoms with Gasteiger partial charge in [-0.15, -0.1) is 0 Å². The fourth-order valence-corrected chi connectivity index (χ4v) is 3.35. The van der Waals surface area contributed by atoms with E-state index < -0.39 is 0 Å². The molecular formula is C18H24N4O2. The van der Waals surface area contributed by atoms with Gasteiger partial charge in [0.2, 0.25) is 5.89 Å². The first-order valence-corrected chi connectivity index (χ1v) is 8.55. The first-order valence-electron chi connectivity index (χ1n) is 8.55. The van der Waals surface area contributed by atoms with Crippen LogP contribution in [0.25, 0.3) is 0 Å². The van der Waals surface area contributed by atoms with Crippen molar-refractivity contribution >= 4 is 6.03 Å². The lowest BCUT2D eigenvalue weighted by Gasteiger charge is -2.26. The summed E-state index contributed by atoms with van der Waals surface area (Å²) in [4.78, 5) is 16.6. The lowest BCUT2D eigenvalue weighted by Crippen LogP contribution is -2.41. The topological polar surface area (TPSA) is 80.0 Å². The summed E-state index contributed by atoms with van der Waals surface area (Å²) < 4.78 is 5.11. The van der Waals surface area contributed by atoms with Crippen LogP contribution in [0.15, 0.2) is 34.9 Å². The van der Waals surface area contributed by atoms with Crippen molar-refractivity contribution in [1.29, 1.82) is 0 Å². The van der Waals surface area contributed by atoms with Crippen LogP contribution in [0.3, 0.4) is 0 Å². The quantitative estimate of drug-likeness (QED) is 0.877. The van der Waals surface area contributed by atoms with E-state index in [9.17, 15) is 4.79 Å². The average molecular weight is 328 g/mol. The Labute approximate surface area is 142 Å². The van der Waals surface area contributed by atoms with Gasteiger partial charge < -0.3 is 15.2 Å². The van der Waals surface area contributed by atoms with Gasteiger partial charge in [0, 0.05) is 0 Å². The van der Waals surface area contributed by atoms with Crippen molar-refractivity contribution in [3.8, 4) is 0 Å². The van der Waals surface area contributed by atoms with Gasteiger partial charge in [-0.3, -0.25) is 0 Å². The fraction of sp³-hybridized carbons (Fsp3) is 0.500. The molecule has 3 rings (SSSR count). The van der Waals surface area contributed by atoms with Gasteiger partial charge in [-0.05, 0) is 38.2 Å². The van der Waals surface area contributed by atoms with E-state index in [0.717, 1.165) is 18.4 Å². The molecule has 24 heavy (non-hydrogen) atoms. The van der Waals surface area contributed by atoms with Crippen molar-refractivity contribution in [2.24, 2.45) is 5.92 Å². The molecule has 0 radical (unpaired) electrons. The van der Waals surface area contributed by atoms with E-state index in [-0.39, 0.29) is 18.1 Å². The highest BCUT2D eigenvalue weighted by atomic mass is 16.5. The number of hydrogen-bond acceptors (Lipinski definition) is 4. The summed E-state index contributed by atoms with van der Waals surface area (Å²) in [5.74, 6) is 1.46.